The first kappa shape index (κ1) is 49.4. The Labute approximate surface area is 377 Å². The quantitative estimate of drug-likeness (QED) is 0.0286. The van der Waals surface area contributed by atoms with Crippen LogP contribution in [-0.2, 0) is 27.1 Å². The Hall–Kier alpha value is -3.03. The molecule has 4 bridgehead atoms. The van der Waals surface area contributed by atoms with Crippen molar-refractivity contribution in [3.05, 3.63) is 106 Å². The number of methoxy groups -OCH3 is 1. The Kier molecular flexibility index (Phi) is 17.6. The van der Waals surface area contributed by atoms with E-state index in [0.717, 1.165) is 60.7 Å². The second-order valence-electron chi connectivity index (χ2n) is 19.6. The van der Waals surface area contributed by atoms with Gasteiger partial charge in [0, 0.05) is 43.1 Å². The van der Waals surface area contributed by atoms with Gasteiger partial charge in [-0.2, -0.15) is 0 Å². The fraction of sp³-hybridized carbons (Fsp3) is 0.642. The standard InChI is InChI=1S/C53H78N2O8/c1-36(42-17-16-37(2)50(60)55-51(24-28-62-5,45-14-6-7-15-45)32-40-12-9-11-39(30-40)31-42)10-8-13-44(35-63-29-27-57)46-20-22-53(49(46)59)48-41(21-26-56)18-19-43(47(48)38(3)34-58)33-52(53,61)23-25-54-4/h8-13,16,18-19,30,34,41-43,45-46,48-50,54-57,59-61H,1,6-7,14-15,17,20-29,31-33,35H2,2-5H3/b10-8+,37-16+,44-13-,47-38?/t41-,42+,43+,46+,48+,49-,50-,51+,52-,53-/m1/s1. The molecule has 1 aliphatic heterocycles. The first-order valence-corrected chi connectivity index (χ1v) is 23.8. The first-order valence-electron chi connectivity index (χ1n) is 23.8. The molecular formula is C53H78N2O8. The SMILES string of the molecule is C=C(/C=C/C=C(/COCCO)[C@@H]1CC[C@]2([C@@H]1O)[C@@H]1C(=C(C)C=O)[C@@H](C=C[C@@H]1CCO)C[C@]2(O)CCNC)[C@H]1C/C=C(\C)[C@@H](O)N[C@](CCOC)(C2CCCC2)Cc2cccc(c2)C1. The molecule has 10 heteroatoms. The number of allylic oxidation sites excluding steroid dienone is 9. The van der Waals surface area contributed by atoms with Crippen molar-refractivity contribution in [2.75, 3.05) is 53.7 Å². The van der Waals surface area contributed by atoms with Gasteiger partial charge in [0.25, 0.3) is 0 Å². The van der Waals surface area contributed by atoms with Crippen LogP contribution in [0.1, 0.15) is 95.6 Å². The average molecular weight is 871 g/mol. The van der Waals surface area contributed by atoms with Gasteiger partial charge in [0.2, 0.25) is 0 Å². The van der Waals surface area contributed by atoms with Crippen molar-refractivity contribution in [1.29, 1.82) is 0 Å². The molecule has 10 atom stereocenters. The van der Waals surface area contributed by atoms with Crippen LogP contribution in [-0.4, -0.2) is 109 Å². The molecule has 7 N–H and O–H groups in total. The number of aldehydes is 1. The monoisotopic (exact) mass is 871 g/mol. The van der Waals surface area contributed by atoms with E-state index in [0.29, 0.717) is 63.2 Å². The number of hydrogen-bond acceptors (Lipinski definition) is 10. The normalized spacial score (nSPS) is 35.7. The highest BCUT2D eigenvalue weighted by atomic mass is 16.5. The molecule has 4 aliphatic carbocycles. The summed E-state index contributed by atoms with van der Waals surface area (Å²) in [5, 5.41) is 64.5. The van der Waals surface area contributed by atoms with E-state index in [4.69, 9.17) is 9.47 Å². The van der Waals surface area contributed by atoms with Gasteiger partial charge in [-0.15, -0.1) is 0 Å². The number of aliphatic hydroxyl groups excluding tert-OH is 4. The lowest BCUT2D eigenvalue weighted by Gasteiger charge is -2.61. The molecule has 3 saturated carbocycles. The van der Waals surface area contributed by atoms with E-state index in [1.165, 1.54) is 24.0 Å². The van der Waals surface area contributed by atoms with Crippen LogP contribution in [0, 0.1) is 40.9 Å². The van der Waals surface area contributed by atoms with Gasteiger partial charge in [-0.1, -0.05) is 91.3 Å². The molecule has 348 valence electrons. The summed E-state index contributed by atoms with van der Waals surface area (Å²) in [5.41, 5.74) is 4.32. The summed E-state index contributed by atoms with van der Waals surface area (Å²) in [5.74, 6) is -0.463. The highest BCUT2D eigenvalue weighted by Crippen LogP contribution is 2.67. The number of aliphatic hydroxyl groups is 5. The van der Waals surface area contributed by atoms with Gasteiger partial charge in [0.1, 0.15) is 12.5 Å². The molecule has 0 unspecified atom stereocenters. The predicted octanol–water partition coefficient (Wildman–Crippen LogP) is 6.48. The number of ether oxygens (including phenoxy) is 2. The molecule has 1 heterocycles. The smallest absolute Gasteiger partial charge is 0.145 e. The lowest BCUT2D eigenvalue weighted by Crippen LogP contribution is -2.65. The summed E-state index contributed by atoms with van der Waals surface area (Å²) in [7, 11) is 3.62. The van der Waals surface area contributed by atoms with Crippen molar-refractivity contribution in [1.82, 2.24) is 10.6 Å². The summed E-state index contributed by atoms with van der Waals surface area (Å²) in [6, 6.07) is 8.90. The fourth-order valence-corrected chi connectivity index (χ4v) is 12.7. The Morgan fingerprint density at radius 1 is 1.06 bits per heavy atom. The molecule has 6 rings (SSSR count). The minimum Gasteiger partial charge on any atom is -0.396 e. The van der Waals surface area contributed by atoms with E-state index >= 15 is 0 Å². The van der Waals surface area contributed by atoms with Gasteiger partial charge in [0.05, 0.1) is 31.5 Å². The third-order valence-electron chi connectivity index (χ3n) is 16.0. The first-order chi connectivity index (χ1) is 30.4. The number of hydrogen-bond donors (Lipinski definition) is 7. The molecule has 0 aromatic heterocycles. The number of carbonyl (C=O) groups excluding carboxylic acids is 1. The van der Waals surface area contributed by atoms with Crippen molar-refractivity contribution in [3.63, 3.8) is 0 Å². The molecule has 10 nitrogen and oxygen atoms in total. The molecule has 0 amide bonds. The van der Waals surface area contributed by atoms with Crippen LogP contribution in [0.3, 0.4) is 0 Å². The highest BCUT2D eigenvalue weighted by molar-refractivity contribution is 5.74. The van der Waals surface area contributed by atoms with E-state index in [1.54, 1.807) is 7.11 Å². The van der Waals surface area contributed by atoms with Crippen molar-refractivity contribution in [2.45, 2.75) is 121 Å². The van der Waals surface area contributed by atoms with E-state index in [1.807, 2.05) is 39.1 Å². The summed E-state index contributed by atoms with van der Waals surface area (Å²) < 4.78 is 11.6. The van der Waals surface area contributed by atoms with Crippen molar-refractivity contribution < 1.29 is 39.8 Å². The summed E-state index contributed by atoms with van der Waals surface area (Å²) in [6.07, 6.45) is 21.9. The zero-order valence-electron chi connectivity index (χ0n) is 38.6. The molecule has 1 spiro atoms. The minimum absolute atomic E-state index is 0.0434. The van der Waals surface area contributed by atoms with Crippen LogP contribution in [0.2, 0.25) is 0 Å². The third-order valence-corrected chi connectivity index (χ3v) is 16.0. The van der Waals surface area contributed by atoms with Crippen LogP contribution in [0.5, 0.6) is 0 Å². The molecule has 1 aromatic rings. The van der Waals surface area contributed by atoms with E-state index in [-0.39, 0.29) is 61.6 Å². The minimum atomic E-state index is -1.24. The van der Waals surface area contributed by atoms with E-state index < -0.39 is 23.3 Å². The number of nitrogens with one attached hydrogen (secondary N) is 2. The van der Waals surface area contributed by atoms with Gasteiger partial charge >= 0.3 is 0 Å². The zero-order chi connectivity index (χ0) is 45.2. The average Bonchev–Trinajstić information content (AvgIpc) is 3.95. The maximum atomic E-state index is 13.0. The lowest BCUT2D eigenvalue weighted by molar-refractivity contribution is -0.194. The molecule has 5 aliphatic rings. The van der Waals surface area contributed by atoms with Gasteiger partial charge < -0.3 is 40.3 Å². The van der Waals surface area contributed by atoms with Crippen LogP contribution in [0.15, 0.2) is 95.2 Å². The van der Waals surface area contributed by atoms with Gasteiger partial charge in [-0.25, -0.2) is 0 Å². The summed E-state index contributed by atoms with van der Waals surface area (Å²) >= 11 is 0. The number of rotatable bonds is 18. The summed E-state index contributed by atoms with van der Waals surface area (Å²) in [4.78, 5) is 12.4. The Morgan fingerprint density at radius 3 is 2.56 bits per heavy atom. The predicted molar refractivity (Wildman–Crippen MR) is 250 cm³/mol. The topological polar surface area (TPSA) is 161 Å². The van der Waals surface area contributed by atoms with Crippen LogP contribution in [0.25, 0.3) is 0 Å². The van der Waals surface area contributed by atoms with Crippen molar-refractivity contribution in [3.8, 4) is 0 Å². The molecule has 3 fully saturated rings. The van der Waals surface area contributed by atoms with Crippen molar-refractivity contribution >= 4 is 6.29 Å². The molecule has 1 aromatic carbocycles. The zero-order valence-corrected chi connectivity index (χ0v) is 38.6. The second kappa shape index (κ2) is 22.4. The van der Waals surface area contributed by atoms with Crippen LogP contribution in [0.4, 0.5) is 0 Å². The Morgan fingerprint density at radius 2 is 1.84 bits per heavy atom. The number of fused-ring (bicyclic) bond motifs is 5. The Bertz CT molecular complexity index is 1860. The van der Waals surface area contributed by atoms with Crippen LogP contribution >= 0.6 is 0 Å². The third kappa shape index (κ3) is 10.7. The highest BCUT2D eigenvalue weighted by Gasteiger charge is 2.68. The lowest BCUT2D eigenvalue weighted by atomic mass is 9.45. The molecule has 0 radical (unpaired) electrons. The van der Waals surface area contributed by atoms with Gasteiger partial charge in [-0.3, -0.25) is 10.1 Å². The van der Waals surface area contributed by atoms with E-state index in [9.17, 15) is 30.3 Å². The van der Waals surface area contributed by atoms with Gasteiger partial charge in [-0.05, 0) is 150 Å². The molecule has 0 saturated heterocycles. The number of carbonyl (C=O) groups is 1. The van der Waals surface area contributed by atoms with E-state index in [2.05, 4.69) is 59.7 Å². The maximum absolute atomic E-state index is 13.0. The second-order valence-corrected chi connectivity index (χ2v) is 19.6. The molecule has 63 heavy (non-hydrogen) atoms. The van der Waals surface area contributed by atoms with Crippen molar-refractivity contribution in [2.24, 2.45) is 40.9 Å². The van der Waals surface area contributed by atoms with Crippen LogP contribution < -0.4 is 10.6 Å². The molecular weight excluding hydrogens is 793 g/mol. The van der Waals surface area contributed by atoms with Gasteiger partial charge in [0.15, 0.2) is 0 Å². The maximum Gasteiger partial charge on any atom is 0.145 e. The number of benzene rings is 1. The largest absolute Gasteiger partial charge is 0.396 e. The fourth-order valence-electron chi connectivity index (χ4n) is 12.7. The Balaban J connectivity index is 1.31. The summed E-state index contributed by atoms with van der Waals surface area (Å²) in [6.45, 7) is 9.79.